The summed E-state index contributed by atoms with van der Waals surface area (Å²) in [5.41, 5.74) is 11.4. The quantitative estimate of drug-likeness (QED) is 0.627. The molecule has 0 radical (unpaired) electrons. The van der Waals surface area contributed by atoms with Gasteiger partial charge in [-0.05, 0) is 59.7 Å². The maximum Gasteiger partial charge on any atom is 0.123 e. The Kier molecular flexibility index (Phi) is 3.55. The first-order valence-corrected chi connectivity index (χ1v) is 7.64. The number of nitrogens with zero attached hydrogens (tertiary/aromatic N) is 3. The molecule has 0 saturated heterocycles. The highest BCUT2D eigenvalue weighted by Crippen LogP contribution is 2.35. The van der Waals surface area contributed by atoms with Gasteiger partial charge in [0, 0.05) is 36.3 Å². The molecule has 5 heteroatoms. The van der Waals surface area contributed by atoms with Crippen molar-refractivity contribution in [3.8, 4) is 22.4 Å². The molecule has 0 aliphatic carbocycles. The summed E-state index contributed by atoms with van der Waals surface area (Å²) in [6, 6.07) is 14.2. The van der Waals surface area contributed by atoms with Crippen molar-refractivity contribution in [2.75, 3.05) is 0 Å². The van der Waals surface area contributed by atoms with Crippen LogP contribution in [-0.4, -0.2) is 14.6 Å². The Morgan fingerprint density at radius 2 is 1.71 bits per heavy atom. The summed E-state index contributed by atoms with van der Waals surface area (Å²) in [7, 11) is 0. The summed E-state index contributed by atoms with van der Waals surface area (Å²) < 4.78 is 15.1. The van der Waals surface area contributed by atoms with Gasteiger partial charge in [-0.15, -0.1) is 0 Å². The van der Waals surface area contributed by atoms with Gasteiger partial charge in [0.2, 0.25) is 0 Å². The van der Waals surface area contributed by atoms with Crippen LogP contribution in [-0.2, 0) is 6.54 Å². The second kappa shape index (κ2) is 5.86. The monoisotopic (exact) mass is 318 g/mol. The van der Waals surface area contributed by atoms with Crippen LogP contribution in [0.15, 0.2) is 67.1 Å². The number of nitrogens with two attached hydrogens (primary N) is 1. The van der Waals surface area contributed by atoms with Crippen molar-refractivity contribution in [2.45, 2.75) is 6.54 Å². The number of aromatic nitrogens is 3. The lowest BCUT2D eigenvalue weighted by Crippen LogP contribution is -1.97. The molecule has 118 valence electrons. The number of hydrogen-bond acceptors (Lipinski definition) is 3. The molecule has 4 rings (SSSR count). The first-order valence-electron chi connectivity index (χ1n) is 7.64. The number of hydrogen-bond donors (Lipinski definition) is 1. The van der Waals surface area contributed by atoms with Gasteiger partial charge in [-0.3, -0.25) is 4.98 Å². The Morgan fingerprint density at radius 3 is 2.42 bits per heavy atom. The zero-order valence-electron chi connectivity index (χ0n) is 12.9. The molecule has 3 heterocycles. The number of pyridine rings is 2. The van der Waals surface area contributed by atoms with E-state index < -0.39 is 0 Å². The van der Waals surface area contributed by atoms with Crippen molar-refractivity contribution >= 4 is 5.52 Å². The van der Waals surface area contributed by atoms with Crippen LogP contribution in [0.2, 0.25) is 0 Å². The molecule has 4 aromatic rings. The summed E-state index contributed by atoms with van der Waals surface area (Å²) in [5.74, 6) is -0.265. The molecule has 0 spiro atoms. The van der Waals surface area contributed by atoms with Crippen LogP contribution in [0.4, 0.5) is 4.39 Å². The van der Waals surface area contributed by atoms with Gasteiger partial charge < -0.3 is 5.73 Å². The van der Waals surface area contributed by atoms with Crippen molar-refractivity contribution < 1.29 is 4.39 Å². The summed E-state index contributed by atoms with van der Waals surface area (Å²) in [6.45, 7) is 0.462. The van der Waals surface area contributed by atoms with Crippen LogP contribution in [0.1, 0.15) is 5.56 Å². The molecule has 1 aromatic carbocycles. The highest BCUT2D eigenvalue weighted by atomic mass is 19.1. The molecule has 0 unspecified atom stereocenters. The highest BCUT2D eigenvalue weighted by molar-refractivity contribution is 5.92. The van der Waals surface area contributed by atoms with Crippen molar-refractivity contribution in [1.82, 2.24) is 14.6 Å². The molecular formula is C19H15FN4. The Balaban J connectivity index is 2.03. The first-order chi connectivity index (χ1) is 11.8. The molecule has 0 aliphatic rings. The van der Waals surface area contributed by atoms with Gasteiger partial charge in [-0.25, -0.2) is 8.91 Å². The minimum absolute atomic E-state index is 0.265. The molecule has 0 bridgehead atoms. The van der Waals surface area contributed by atoms with E-state index in [1.165, 1.54) is 12.1 Å². The van der Waals surface area contributed by atoms with Crippen molar-refractivity contribution in [3.05, 3.63) is 78.5 Å². The van der Waals surface area contributed by atoms with E-state index in [0.717, 1.165) is 33.5 Å². The average Bonchev–Trinajstić information content (AvgIpc) is 3.01. The van der Waals surface area contributed by atoms with Gasteiger partial charge in [0.1, 0.15) is 11.5 Å². The lowest BCUT2D eigenvalue weighted by Gasteiger charge is -2.04. The summed E-state index contributed by atoms with van der Waals surface area (Å²) in [6.07, 6.45) is 5.40. The standard InChI is InChI=1S/C19H15FN4/c20-16-3-1-15(2-4-16)19-18(14-5-8-22-9-6-14)17-11-13(12-21)7-10-24(17)23-19/h1-11H,12,21H2. The lowest BCUT2D eigenvalue weighted by atomic mass is 10.00. The normalized spacial score (nSPS) is 11.1. The number of fused-ring (bicyclic) bond motifs is 1. The molecular weight excluding hydrogens is 303 g/mol. The van der Waals surface area contributed by atoms with Gasteiger partial charge in [-0.2, -0.15) is 5.10 Å². The SMILES string of the molecule is NCc1ccn2nc(-c3ccc(F)cc3)c(-c3ccncc3)c2c1. The van der Waals surface area contributed by atoms with Gasteiger partial charge in [0.05, 0.1) is 5.52 Å². The predicted octanol–water partition coefficient (Wildman–Crippen LogP) is 3.66. The molecule has 0 atom stereocenters. The minimum atomic E-state index is -0.265. The Bertz CT molecular complexity index is 991. The fraction of sp³-hybridized carbons (Fsp3) is 0.0526. The zero-order valence-corrected chi connectivity index (χ0v) is 12.9. The average molecular weight is 318 g/mol. The van der Waals surface area contributed by atoms with Gasteiger partial charge in [0.25, 0.3) is 0 Å². The third-order valence-electron chi connectivity index (χ3n) is 4.02. The van der Waals surface area contributed by atoms with Gasteiger partial charge >= 0.3 is 0 Å². The van der Waals surface area contributed by atoms with Crippen molar-refractivity contribution in [2.24, 2.45) is 5.73 Å². The van der Waals surface area contributed by atoms with E-state index in [1.807, 2.05) is 35.0 Å². The Labute approximate surface area is 138 Å². The molecule has 24 heavy (non-hydrogen) atoms. The van der Waals surface area contributed by atoms with E-state index >= 15 is 0 Å². The third-order valence-corrected chi connectivity index (χ3v) is 4.02. The molecule has 2 N–H and O–H groups in total. The Morgan fingerprint density at radius 1 is 0.958 bits per heavy atom. The van der Waals surface area contributed by atoms with E-state index in [4.69, 9.17) is 10.8 Å². The van der Waals surface area contributed by atoms with Crippen molar-refractivity contribution in [1.29, 1.82) is 0 Å². The number of halogens is 1. The van der Waals surface area contributed by atoms with Crippen LogP contribution >= 0.6 is 0 Å². The van der Waals surface area contributed by atoms with E-state index in [-0.39, 0.29) is 5.82 Å². The van der Waals surface area contributed by atoms with Crippen LogP contribution in [0.5, 0.6) is 0 Å². The van der Waals surface area contributed by atoms with Crippen LogP contribution < -0.4 is 5.73 Å². The summed E-state index contributed by atoms with van der Waals surface area (Å²) in [4.78, 5) is 4.09. The molecule has 0 aliphatic heterocycles. The van der Waals surface area contributed by atoms with E-state index in [9.17, 15) is 4.39 Å². The van der Waals surface area contributed by atoms with Crippen LogP contribution in [0, 0.1) is 5.82 Å². The lowest BCUT2D eigenvalue weighted by molar-refractivity contribution is 0.628. The smallest absolute Gasteiger partial charge is 0.123 e. The largest absolute Gasteiger partial charge is 0.326 e. The first kappa shape index (κ1) is 14.5. The number of rotatable bonds is 3. The van der Waals surface area contributed by atoms with Crippen molar-refractivity contribution in [3.63, 3.8) is 0 Å². The second-order valence-corrected chi connectivity index (χ2v) is 5.54. The number of benzene rings is 1. The predicted molar refractivity (Wildman–Crippen MR) is 91.7 cm³/mol. The minimum Gasteiger partial charge on any atom is -0.326 e. The molecule has 0 fully saturated rings. The van der Waals surface area contributed by atoms with Crippen LogP contribution in [0.3, 0.4) is 0 Å². The molecule has 0 saturated carbocycles. The van der Waals surface area contributed by atoms with Gasteiger partial charge in [-0.1, -0.05) is 0 Å². The maximum atomic E-state index is 13.3. The Hall–Kier alpha value is -3.05. The highest BCUT2D eigenvalue weighted by Gasteiger charge is 2.16. The van der Waals surface area contributed by atoms with E-state index in [1.54, 1.807) is 24.5 Å². The molecule has 4 nitrogen and oxygen atoms in total. The molecule has 3 aromatic heterocycles. The fourth-order valence-electron chi connectivity index (χ4n) is 2.83. The summed E-state index contributed by atoms with van der Waals surface area (Å²) >= 11 is 0. The topological polar surface area (TPSA) is 56.2 Å². The third kappa shape index (κ3) is 2.45. The fourth-order valence-corrected chi connectivity index (χ4v) is 2.83. The van der Waals surface area contributed by atoms with E-state index in [2.05, 4.69) is 4.98 Å². The molecule has 0 amide bonds. The van der Waals surface area contributed by atoms with Crippen LogP contribution in [0.25, 0.3) is 27.9 Å². The summed E-state index contributed by atoms with van der Waals surface area (Å²) in [5, 5.41) is 4.70. The maximum absolute atomic E-state index is 13.3. The zero-order chi connectivity index (χ0) is 16.5. The second-order valence-electron chi connectivity index (χ2n) is 5.54. The van der Waals surface area contributed by atoms with E-state index in [0.29, 0.717) is 6.54 Å². The van der Waals surface area contributed by atoms with Gasteiger partial charge in [0.15, 0.2) is 0 Å².